The van der Waals surface area contributed by atoms with Gasteiger partial charge in [-0.2, -0.15) is 0 Å². The van der Waals surface area contributed by atoms with Crippen molar-refractivity contribution in [2.24, 2.45) is 5.92 Å². The maximum atomic E-state index is 12.1. The Labute approximate surface area is 134 Å². The number of carboxylic acid groups (broad SMARTS) is 1. The molecule has 0 radical (unpaired) electrons. The number of nitro groups is 1. The maximum Gasteiger partial charge on any atom is 0.308 e. The number of nitrogens with zero attached hydrogens (tertiary/aromatic N) is 1. The van der Waals surface area contributed by atoms with Crippen LogP contribution < -0.4 is 5.32 Å². The number of aliphatic carboxylic acids is 1. The zero-order valence-electron chi connectivity index (χ0n) is 13.5. The summed E-state index contributed by atoms with van der Waals surface area (Å²) in [5.74, 6) is -2.17. The minimum absolute atomic E-state index is 0.00172. The monoisotopic (exact) mass is 322 g/mol. The number of hydrogen-bond acceptors (Lipinski definition) is 4. The van der Waals surface area contributed by atoms with E-state index in [9.17, 15) is 19.7 Å². The van der Waals surface area contributed by atoms with Crippen LogP contribution >= 0.6 is 0 Å². The predicted octanol–water partition coefficient (Wildman–Crippen LogP) is 2.95. The molecule has 7 nitrogen and oxygen atoms in total. The molecule has 1 aromatic carbocycles. The molecule has 0 aliphatic carbocycles. The lowest BCUT2D eigenvalue weighted by Gasteiger charge is -2.13. The summed E-state index contributed by atoms with van der Waals surface area (Å²) >= 11 is 0. The van der Waals surface area contributed by atoms with Gasteiger partial charge in [-0.15, -0.1) is 0 Å². The normalized spacial score (nSPS) is 12.0. The second kappa shape index (κ2) is 8.26. The van der Waals surface area contributed by atoms with Crippen LogP contribution in [0, 0.1) is 16.0 Å². The van der Waals surface area contributed by atoms with Crippen LogP contribution in [0.3, 0.4) is 0 Å². The summed E-state index contributed by atoms with van der Waals surface area (Å²) in [5.41, 5.74) is 0.610. The summed E-state index contributed by atoms with van der Waals surface area (Å²) in [5, 5.41) is 22.7. The van der Waals surface area contributed by atoms with Crippen LogP contribution in [0.2, 0.25) is 0 Å². The summed E-state index contributed by atoms with van der Waals surface area (Å²) < 4.78 is 0. The second-order valence-corrected chi connectivity index (χ2v) is 5.72. The lowest BCUT2D eigenvalue weighted by molar-refractivity contribution is -0.385. The van der Waals surface area contributed by atoms with Crippen molar-refractivity contribution in [3.63, 3.8) is 0 Å². The van der Waals surface area contributed by atoms with E-state index in [-0.39, 0.29) is 23.7 Å². The molecule has 0 bridgehead atoms. The summed E-state index contributed by atoms with van der Waals surface area (Å²) in [4.78, 5) is 33.8. The van der Waals surface area contributed by atoms with E-state index in [2.05, 4.69) is 5.32 Å². The van der Waals surface area contributed by atoms with Crippen molar-refractivity contribution in [2.45, 2.75) is 39.5 Å². The Bertz CT molecular complexity index is 598. The molecule has 1 rings (SSSR count). The minimum atomic E-state index is -0.965. The van der Waals surface area contributed by atoms with E-state index in [1.54, 1.807) is 6.07 Å². The SMILES string of the molecule is CCCC(CNC(=O)c1ccc(C(C)C)c([N+](=O)[O-])c1)C(=O)O. The number of benzene rings is 1. The van der Waals surface area contributed by atoms with E-state index in [0.29, 0.717) is 18.4 Å². The Balaban J connectivity index is 2.90. The maximum absolute atomic E-state index is 12.1. The largest absolute Gasteiger partial charge is 0.481 e. The van der Waals surface area contributed by atoms with Crippen LogP contribution in [0.5, 0.6) is 0 Å². The molecule has 1 aromatic rings. The standard InChI is InChI=1S/C16H22N2O5/c1-4-5-12(16(20)21)9-17-15(19)11-6-7-13(10(2)3)14(8-11)18(22)23/h6-8,10,12H,4-5,9H2,1-3H3,(H,17,19)(H,20,21). The summed E-state index contributed by atoms with van der Waals surface area (Å²) in [6, 6.07) is 4.33. The fraction of sp³-hybridized carbons (Fsp3) is 0.500. The van der Waals surface area contributed by atoms with Gasteiger partial charge >= 0.3 is 5.97 Å². The topological polar surface area (TPSA) is 110 Å². The van der Waals surface area contributed by atoms with Gasteiger partial charge in [-0.1, -0.05) is 33.3 Å². The third kappa shape index (κ3) is 5.05. The molecule has 0 aliphatic rings. The number of nitro benzene ring substituents is 1. The molecule has 0 saturated carbocycles. The highest BCUT2D eigenvalue weighted by Gasteiger charge is 2.21. The van der Waals surface area contributed by atoms with E-state index < -0.39 is 22.7 Å². The number of amides is 1. The number of carbonyl (C=O) groups excluding carboxylic acids is 1. The van der Waals surface area contributed by atoms with Gasteiger partial charge in [0.2, 0.25) is 0 Å². The summed E-state index contributed by atoms with van der Waals surface area (Å²) in [6.07, 6.45) is 1.16. The molecule has 1 atom stereocenters. The van der Waals surface area contributed by atoms with Gasteiger partial charge in [0.15, 0.2) is 0 Å². The number of carbonyl (C=O) groups is 2. The van der Waals surface area contributed by atoms with E-state index in [1.165, 1.54) is 12.1 Å². The fourth-order valence-electron chi connectivity index (χ4n) is 2.31. The van der Waals surface area contributed by atoms with Crippen LogP contribution in [-0.2, 0) is 4.79 Å². The average molecular weight is 322 g/mol. The third-order valence-corrected chi connectivity index (χ3v) is 3.61. The molecule has 0 fully saturated rings. The van der Waals surface area contributed by atoms with Gasteiger partial charge in [0.25, 0.3) is 11.6 Å². The molecular weight excluding hydrogens is 300 g/mol. The Morgan fingerprint density at radius 2 is 2.00 bits per heavy atom. The first kappa shape index (κ1) is 18.6. The Morgan fingerprint density at radius 1 is 1.35 bits per heavy atom. The van der Waals surface area contributed by atoms with Gasteiger partial charge in [0, 0.05) is 23.7 Å². The molecule has 0 saturated heterocycles. The second-order valence-electron chi connectivity index (χ2n) is 5.72. The van der Waals surface area contributed by atoms with Crippen LogP contribution in [0.1, 0.15) is 55.5 Å². The number of rotatable bonds is 8. The minimum Gasteiger partial charge on any atom is -0.481 e. The van der Waals surface area contributed by atoms with Gasteiger partial charge in [-0.25, -0.2) is 0 Å². The van der Waals surface area contributed by atoms with Crippen LogP contribution in [0.4, 0.5) is 5.69 Å². The zero-order chi connectivity index (χ0) is 17.6. The first-order valence-corrected chi connectivity index (χ1v) is 7.57. The highest BCUT2D eigenvalue weighted by atomic mass is 16.6. The molecule has 0 aliphatic heterocycles. The lowest BCUT2D eigenvalue weighted by atomic mass is 9.99. The van der Waals surface area contributed by atoms with Gasteiger partial charge in [-0.05, 0) is 18.4 Å². The molecule has 2 N–H and O–H groups in total. The van der Waals surface area contributed by atoms with E-state index in [4.69, 9.17) is 5.11 Å². The van der Waals surface area contributed by atoms with Gasteiger partial charge in [0.1, 0.15) is 0 Å². The molecule has 7 heteroatoms. The first-order valence-electron chi connectivity index (χ1n) is 7.57. The average Bonchev–Trinajstić information content (AvgIpc) is 2.49. The zero-order valence-corrected chi connectivity index (χ0v) is 13.5. The number of carboxylic acids is 1. The lowest BCUT2D eigenvalue weighted by Crippen LogP contribution is -2.33. The molecule has 0 spiro atoms. The van der Waals surface area contributed by atoms with Gasteiger partial charge in [-0.3, -0.25) is 19.7 Å². The number of hydrogen-bond donors (Lipinski definition) is 2. The molecule has 23 heavy (non-hydrogen) atoms. The van der Waals surface area contributed by atoms with Crippen molar-refractivity contribution in [2.75, 3.05) is 6.54 Å². The molecule has 126 valence electrons. The van der Waals surface area contributed by atoms with Crippen molar-refractivity contribution in [1.82, 2.24) is 5.32 Å². The van der Waals surface area contributed by atoms with Crippen molar-refractivity contribution >= 4 is 17.6 Å². The Hall–Kier alpha value is -2.44. The van der Waals surface area contributed by atoms with Crippen LogP contribution in [-0.4, -0.2) is 28.5 Å². The summed E-state index contributed by atoms with van der Waals surface area (Å²) in [7, 11) is 0. The van der Waals surface area contributed by atoms with Crippen molar-refractivity contribution < 1.29 is 19.6 Å². The molecule has 1 amide bonds. The van der Waals surface area contributed by atoms with Crippen LogP contribution in [0.15, 0.2) is 18.2 Å². The van der Waals surface area contributed by atoms with Crippen molar-refractivity contribution in [3.8, 4) is 0 Å². The fourth-order valence-corrected chi connectivity index (χ4v) is 2.31. The molecule has 1 unspecified atom stereocenters. The molecule has 0 heterocycles. The predicted molar refractivity (Wildman–Crippen MR) is 85.6 cm³/mol. The van der Waals surface area contributed by atoms with Gasteiger partial charge < -0.3 is 10.4 Å². The highest BCUT2D eigenvalue weighted by molar-refractivity contribution is 5.95. The van der Waals surface area contributed by atoms with Crippen LogP contribution in [0.25, 0.3) is 0 Å². The van der Waals surface area contributed by atoms with Gasteiger partial charge in [0.05, 0.1) is 10.8 Å². The van der Waals surface area contributed by atoms with Crippen molar-refractivity contribution in [3.05, 3.63) is 39.4 Å². The van der Waals surface area contributed by atoms with Crippen molar-refractivity contribution in [1.29, 1.82) is 0 Å². The smallest absolute Gasteiger partial charge is 0.308 e. The summed E-state index contributed by atoms with van der Waals surface area (Å²) in [6.45, 7) is 5.54. The van der Waals surface area contributed by atoms with E-state index >= 15 is 0 Å². The number of nitrogens with one attached hydrogen (secondary N) is 1. The quantitative estimate of drug-likeness (QED) is 0.565. The Kier molecular flexibility index (Phi) is 6.68. The van der Waals surface area contributed by atoms with E-state index in [0.717, 1.165) is 0 Å². The highest BCUT2D eigenvalue weighted by Crippen LogP contribution is 2.27. The first-order chi connectivity index (χ1) is 10.8. The van der Waals surface area contributed by atoms with E-state index in [1.807, 2.05) is 20.8 Å². The molecular formula is C16H22N2O5. The Morgan fingerprint density at radius 3 is 2.48 bits per heavy atom. The third-order valence-electron chi connectivity index (χ3n) is 3.61. The molecule has 0 aromatic heterocycles.